The Hall–Kier alpha value is 0.0700. The Kier molecular flexibility index (Phi) is 3.48. The highest BCUT2D eigenvalue weighted by Gasteiger charge is 2.31. The zero-order chi connectivity index (χ0) is 10.9. The Labute approximate surface area is 95.1 Å². The van der Waals surface area contributed by atoms with Gasteiger partial charge < -0.3 is 5.32 Å². The first-order valence-corrected chi connectivity index (χ1v) is 7.40. The fraction of sp³-hybridized carbons (Fsp3) is 1.00. The first-order valence-electron chi connectivity index (χ1n) is 5.91. The molecule has 0 aromatic rings. The fourth-order valence-corrected chi connectivity index (χ4v) is 3.91. The van der Waals surface area contributed by atoms with Crippen molar-refractivity contribution in [1.29, 1.82) is 0 Å². The summed E-state index contributed by atoms with van der Waals surface area (Å²) in [5.74, 6) is 1.82. The molecule has 0 saturated carbocycles. The zero-order valence-electron chi connectivity index (χ0n) is 9.79. The van der Waals surface area contributed by atoms with Gasteiger partial charge >= 0.3 is 0 Å². The van der Waals surface area contributed by atoms with Crippen molar-refractivity contribution in [3.8, 4) is 0 Å². The second kappa shape index (κ2) is 4.52. The van der Waals surface area contributed by atoms with E-state index >= 15 is 0 Å². The van der Waals surface area contributed by atoms with E-state index < -0.39 is 10.8 Å². The summed E-state index contributed by atoms with van der Waals surface area (Å²) in [7, 11) is -0.527. The van der Waals surface area contributed by atoms with E-state index in [1.165, 1.54) is 0 Å². The highest BCUT2D eigenvalue weighted by atomic mass is 32.2. The summed E-state index contributed by atoms with van der Waals surface area (Å²) in [5.41, 5.74) is 0.245. The minimum atomic E-state index is -0.527. The van der Waals surface area contributed by atoms with Gasteiger partial charge in [-0.25, -0.2) is 0 Å². The van der Waals surface area contributed by atoms with Crippen molar-refractivity contribution in [3.63, 3.8) is 0 Å². The standard InChI is InChI=1S/C11H22N2OS/c1-11(2)9-13(6-5-12-11)10-3-7-15(14)8-4-10/h10,12H,3-9H2,1-2H3. The van der Waals surface area contributed by atoms with E-state index in [0.29, 0.717) is 6.04 Å². The molecule has 2 aliphatic heterocycles. The Balaban J connectivity index is 1.90. The van der Waals surface area contributed by atoms with Crippen LogP contribution in [-0.2, 0) is 10.8 Å². The van der Waals surface area contributed by atoms with Gasteiger partial charge in [0.05, 0.1) is 0 Å². The average molecular weight is 230 g/mol. The summed E-state index contributed by atoms with van der Waals surface area (Å²) in [6.07, 6.45) is 2.26. The largest absolute Gasteiger partial charge is 0.309 e. The van der Waals surface area contributed by atoms with Crippen LogP contribution >= 0.6 is 0 Å². The van der Waals surface area contributed by atoms with Gasteiger partial charge in [0, 0.05) is 53.5 Å². The monoisotopic (exact) mass is 230 g/mol. The average Bonchev–Trinajstić information content (AvgIpc) is 2.17. The van der Waals surface area contributed by atoms with Crippen molar-refractivity contribution in [2.45, 2.75) is 38.3 Å². The molecule has 0 amide bonds. The van der Waals surface area contributed by atoms with Crippen molar-refractivity contribution in [1.82, 2.24) is 10.2 Å². The predicted octanol–water partition coefficient (Wildman–Crippen LogP) is 0.581. The number of nitrogens with one attached hydrogen (secondary N) is 1. The normalized spacial score (nSPS) is 37.7. The lowest BCUT2D eigenvalue weighted by molar-refractivity contribution is 0.103. The molecule has 2 saturated heterocycles. The van der Waals surface area contributed by atoms with E-state index in [0.717, 1.165) is 44.0 Å². The topological polar surface area (TPSA) is 32.3 Å². The van der Waals surface area contributed by atoms with Gasteiger partial charge in [-0.1, -0.05) is 0 Å². The van der Waals surface area contributed by atoms with Crippen LogP contribution in [0.3, 0.4) is 0 Å². The molecular formula is C11H22N2OS. The van der Waals surface area contributed by atoms with E-state index in [-0.39, 0.29) is 5.54 Å². The molecule has 2 rings (SSSR count). The minimum Gasteiger partial charge on any atom is -0.309 e. The number of nitrogens with zero attached hydrogens (tertiary/aromatic N) is 1. The van der Waals surface area contributed by atoms with Crippen LogP contribution in [0.1, 0.15) is 26.7 Å². The number of hydrogen-bond donors (Lipinski definition) is 1. The number of rotatable bonds is 1. The number of piperazine rings is 1. The molecular weight excluding hydrogens is 208 g/mol. The van der Waals surface area contributed by atoms with Crippen molar-refractivity contribution < 1.29 is 4.21 Å². The van der Waals surface area contributed by atoms with Crippen LogP contribution in [0.5, 0.6) is 0 Å². The molecule has 88 valence electrons. The third kappa shape index (κ3) is 3.02. The molecule has 0 aromatic carbocycles. The predicted molar refractivity (Wildman–Crippen MR) is 64.6 cm³/mol. The molecule has 0 aromatic heterocycles. The molecule has 0 unspecified atom stereocenters. The number of hydrogen-bond acceptors (Lipinski definition) is 3. The summed E-state index contributed by atoms with van der Waals surface area (Å²) >= 11 is 0. The van der Waals surface area contributed by atoms with Gasteiger partial charge in [0.25, 0.3) is 0 Å². The fourth-order valence-electron chi connectivity index (χ4n) is 2.64. The molecule has 0 radical (unpaired) electrons. The molecule has 2 aliphatic rings. The maximum absolute atomic E-state index is 11.3. The summed E-state index contributed by atoms with van der Waals surface area (Å²) in [4.78, 5) is 2.59. The molecule has 0 aliphatic carbocycles. The maximum atomic E-state index is 11.3. The van der Waals surface area contributed by atoms with E-state index in [2.05, 4.69) is 24.1 Å². The molecule has 2 fully saturated rings. The lowest BCUT2D eigenvalue weighted by Crippen LogP contribution is -2.60. The first-order chi connectivity index (χ1) is 7.07. The van der Waals surface area contributed by atoms with Gasteiger partial charge in [-0.3, -0.25) is 9.11 Å². The summed E-state index contributed by atoms with van der Waals surface area (Å²) < 4.78 is 11.3. The lowest BCUT2D eigenvalue weighted by atomic mass is 9.99. The van der Waals surface area contributed by atoms with Crippen LogP contribution in [-0.4, -0.2) is 51.8 Å². The van der Waals surface area contributed by atoms with E-state index in [1.807, 2.05) is 0 Å². The quantitative estimate of drug-likeness (QED) is 0.715. The molecule has 3 nitrogen and oxygen atoms in total. The summed E-state index contributed by atoms with van der Waals surface area (Å²) in [6.45, 7) is 7.90. The molecule has 4 heteroatoms. The van der Waals surface area contributed by atoms with E-state index in [9.17, 15) is 4.21 Å². The third-order valence-electron chi connectivity index (χ3n) is 3.47. The van der Waals surface area contributed by atoms with Crippen molar-refractivity contribution >= 4 is 10.8 Å². The van der Waals surface area contributed by atoms with Gasteiger partial charge in [0.15, 0.2) is 0 Å². The van der Waals surface area contributed by atoms with Crippen LogP contribution in [0.25, 0.3) is 0 Å². The van der Waals surface area contributed by atoms with Crippen LogP contribution in [0.2, 0.25) is 0 Å². The summed E-state index contributed by atoms with van der Waals surface area (Å²) in [5, 5.41) is 3.53. The second-order valence-corrected chi connectivity index (χ2v) is 7.06. The van der Waals surface area contributed by atoms with Crippen molar-refractivity contribution in [2.24, 2.45) is 0 Å². The van der Waals surface area contributed by atoms with Crippen molar-refractivity contribution in [3.05, 3.63) is 0 Å². The van der Waals surface area contributed by atoms with Gasteiger partial charge in [0.2, 0.25) is 0 Å². The molecule has 0 bridgehead atoms. The Bertz CT molecular complexity index is 245. The zero-order valence-corrected chi connectivity index (χ0v) is 10.6. The molecule has 0 atom stereocenters. The molecule has 0 spiro atoms. The highest BCUT2D eigenvalue weighted by molar-refractivity contribution is 7.85. The van der Waals surface area contributed by atoms with Gasteiger partial charge in [-0.15, -0.1) is 0 Å². The Morgan fingerprint density at radius 1 is 1.33 bits per heavy atom. The summed E-state index contributed by atoms with van der Waals surface area (Å²) in [6, 6.07) is 0.684. The Morgan fingerprint density at radius 3 is 2.60 bits per heavy atom. The van der Waals surface area contributed by atoms with Crippen LogP contribution in [0.15, 0.2) is 0 Å². The van der Waals surface area contributed by atoms with E-state index in [1.54, 1.807) is 0 Å². The molecule has 1 N–H and O–H groups in total. The van der Waals surface area contributed by atoms with Crippen LogP contribution in [0.4, 0.5) is 0 Å². The van der Waals surface area contributed by atoms with E-state index in [4.69, 9.17) is 0 Å². The van der Waals surface area contributed by atoms with Gasteiger partial charge in [-0.05, 0) is 26.7 Å². The molecule has 15 heavy (non-hydrogen) atoms. The van der Waals surface area contributed by atoms with Crippen molar-refractivity contribution in [2.75, 3.05) is 31.1 Å². The smallest absolute Gasteiger partial charge is 0.0252 e. The maximum Gasteiger partial charge on any atom is 0.0252 e. The molecule has 2 heterocycles. The minimum absolute atomic E-state index is 0.245. The first kappa shape index (κ1) is 11.6. The lowest BCUT2D eigenvalue weighted by Gasteiger charge is -2.44. The van der Waals surface area contributed by atoms with Gasteiger partial charge in [0.1, 0.15) is 0 Å². The second-order valence-electron chi connectivity index (χ2n) is 5.36. The SMILES string of the molecule is CC1(C)CN(C2CCS(=O)CC2)CCN1. The van der Waals surface area contributed by atoms with Crippen LogP contribution in [0, 0.1) is 0 Å². The Morgan fingerprint density at radius 2 is 2.00 bits per heavy atom. The third-order valence-corrected chi connectivity index (χ3v) is 4.86. The van der Waals surface area contributed by atoms with Crippen LogP contribution < -0.4 is 5.32 Å². The highest BCUT2D eigenvalue weighted by Crippen LogP contribution is 2.20. The van der Waals surface area contributed by atoms with Gasteiger partial charge in [-0.2, -0.15) is 0 Å².